The number of anilines is 1. The molecule has 1 amide bonds. The number of carbonyl (C=O) groups is 1. The van der Waals surface area contributed by atoms with Crippen LogP contribution in [0.15, 0.2) is 51.2 Å². The molecule has 0 saturated heterocycles. The lowest BCUT2D eigenvalue weighted by molar-refractivity contribution is 0.102. The monoisotopic (exact) mass is 493 g/mol. The zero-order chi connectivity index (χ0) is 19.7. The lowest BCUT2D eigenvalue weighted by Crippen LogP contribution is -2.11. The average Bonchev–Trinajstić information content (AvgIpc) is 3.37. The first-order valence-electron chi connectivity index (χ1n) is 8.01. The van der Waals surface area contributed by atoms with Crippen LogP contribution in [-0.4, -0.2) is 21.0 Å². The minimum atomic E-state index is -0.291. The average molecular weight is 494 g/mol. The normalized spacial score (nSPS) is 10.9. The summed E-state index contributed by atoms with van der Waals surface area (Å²) in [5.74, 6) is -0.344. The molecule has 0 saturated carbocycles. The molecule has 0 fully saturated rings. The fourth-order valence-corrected chi connectivity index (χ4v) is 5.52. The van der Waals surface area contributed by atoms with E-state index in [0.717, 1.165) is 30.4 Å². The van der Waals surface area contributed by atoms with Crippen LogP contribution in [0.1, 0.15) is 20.8 Å². The smallest absolute Gasteiger partial charge is 0.307 e. The van der Waals surface area contributed by atoms with E-state index in [1.165, 1.54) is 11.3 Å². The largest absolute Gasteiger partial charge is 0.494 e. The van der Waals surface area contributed by atoms with E-state index in [1.807, 2.05) is 12.1 Å². The van der Waals surface area contributed by atoms with Gasteiger partial charge in [-0.3, -0.25) is 19.9 Å². The number of H-pyrrole nitrogens is 1. The fourth-order valence-electron chi connectivity index (χ4n) is 2.49. The molecule has 0 unspecified atom stereocenters. The van der Waals surface area contributed by atoms with E-state index < -0.39 is 0 Å². The number of nitrogens with one attached hydrogen (secondary N) is 2. The van der Waals surface area contributed by atoms with Gasteiger partial charge in [0.2, 0.25) is 5.88 Å². The van der Waals surface area contributed by atoms with Gasteiger partial charge in [-0.15, -0.1) is 11.3 Å². The summed E-state index contributed by atoms with van der Waals surface area (Å²) in [6, 6.07) is 11.0. The van der Waals surface area contributed by atoms with Crippen LogP contribution in [0.3, 0.4) is 0 Å². The van der Waals surface area contributed by atoms with Crippen LogP contribution in [0.2, 0.25) is 0 Å². The molecular weight excluding hydrogens is 482 g/mol. The molecule has 6 nitrogen and oxygen atoms in total. The summed E-state index contributed by atoms with van der Waals surface area (Å²) in [5, 5.41) is 13.0. The lowest BCUT2D eigenvalue weighted by Gasteiger charge is -2.04. The second-order valence-corrected chi connectivity index (χ2v) is 10.3. The van der Waals surface area contributed by atoms with Gasteiger partial charge in [-0.2, -0.15) is 0 Å². The second-order valence-electron chi connectivity index (χ2n) is 5.75. The number of benzene rings is 1. The number of aromatic nitrogens is 2. The predicted molar refractivity (Wildman–Crippen MR) is 117 cm³/mol. The van der Waals surface area contributed by atoms with Crippen LogP contribution in [0.5, 0.6) is 5.88 Å². The van der Waals surface area contributed by atoms with Gasteiger partial charge < -0.3 is 5.11 Å². The van der Waals surface area contributed by atoms with E-state index in [4.69, 9.17) is 0 Å². The Morgan fingerprint density at radius 3 is 2.54 bits per heavy atom. The Kier molecular flexibility index (Phi) is 5.44. The summed E-state index contributed by atoms with van der Waals surface area (Å²) in [5.41, 5.74) is 1.40. The third kappa shape index (κ3) is 4.25. The Morgan fingerprint density at radius 2 is 1.89 bits per heavy atom. The maximum Gasteiger partial charge on any atom is 0.307 e. The molecule has 4 rings (SSSR count). The van der Waals surface area contributed by atoms with Crippen LogP contribution in [-0.2, 0) is 6.42 Å². The molecule has 0 radical (unpaired) electrons. The number of hydrogen-bond acceptors (Lipinski definition) is 7. The molecule has 28 heavy (non-hydrogen) atoms. The first-order valence-corrected chi connectivity index (χ1v) is 11.2. The molecule has 4 aromatic rings. The molecule has 0 aliphatic heterocycles. The van der Waals surface area contributed by atoms with E-state index in [9.17, 15) is 14.7 Å². The molecular formula is C18H12BrN3O3S3. The van der Waals surface area contributed by atoms with Crippen LogP contribution < -0.4 is 10.2 Å². The van der Waals surface area contributed by atoms with Gasteiger partial charge in [0, 0.05) is 23.1 Å². The quantitative estimate of drug-likeness (QED) is 0.367. The van der Waals surface area contributed by atoms with Crippen molar-refractivity contribution in [2.24, 2.45) is 0 Å². The van der Waals surface area contributed by atoms with Crippen molar-refractivity contribution in [2.75, 3.05) is 5.32 Å². The highest BCUT2D eigenvalue weighted by molar-refractivity contribution is 9.11. The van der Waals surface area contributed by atoms with E-state index in [2.05, 4.69) is 31.2 Å². The number of thiophene rings is 1. The first-order chi connectivity index (χ1) is 13.5. The number of hydrogen-bond donors (Lipinski definition) is 3. The summed E-state index contributed by atoms with van der Waals surface area (Å²) in [4.78, 5) is 32.7. The Morgan fingerprint density at radius 1 is 1.11 bits per heavy atom. The summed E-state index contributed by atoms with van der Waals surface area (Å²) in [6.45, 7) is 0. The van der Waals surface area contributed by atoms with Crippen molar-refractivity contribution in [3.05, 3.63) is 72.1 Å². The molecule has 0 atom stereocenters. The number of nitrogens with zero attached hydrogens (tertiary/aromatic N) is 1. The van der Waals surface area contributed by atoms with Gasteiger partial charge in [0.1, 0.15) is 0 Å². The second kappa shape index (κ2) is 8.00. The maximum absolute atomic E-state index is 12.5. The number of amides is 1. The van der Waals surface area contributed by atoms with Crippen LogP contribution in [0.4, 0.5) is 5.13 Å². The topological polar surface area (TPSA) is 95.1 Å². The highest BCUT2D eigenvalue weighted by Crippen LogP contribution is 2.36. The van der Waals surface area contributed by atoms with Gasteiger partial charge in [-0.1, -0.05) is 34.8 Å². The van der Waals surface area contributed by atoms with Gasteiger partial charge in [0.25, 0.3) is 5.91 Å². The van der Waals surface area contributed by atoms with E-state index >= 15 is 0 Å². The Labute approximate surface area is 179 Å². The van der Waals surface area contributed by atoms with Crippen molar-refractivity contribution < 1.29 is 9.90 Å². The SMILES string of the molecule is O=C(Nc1ncc(-c2ccc(Br)s2)s1)c1ccc(Cc2sc(=O)[nH]c2O)cc1. The van der Waals surface area contributed by atoms with Crippen molar-refractivity contribution in [2.45, 2.75) is 6.42 Å². The van der Waals surface area contributed by atoms with E-state index in [1.54, 1.807) is 41.8 Å². The zero-order valence-corrected chi connectivity index (χ0v) is 18.1. The van der Waals surface area contributed by atoms with Gasteiger partial charge in [-0.05, 0) is 45.8 Å². The molecule has 142 valence electrons. The number of rotatable bonds is 5. The zero-order valence-electron chi connectivity index (χ0n) is 14.1. The molecule has 0 aliphatic rings. The Bertz CT molecular complexity index is 1190. The predicted octanol–water partition coefficient (Wildman–Crippen LogP) is 4.93. The van der Waals surface area contributed by atoms with Crippen LogP contribution >= 0.6 is 49.9 Å². The van der Waals surface area contributed by atoms with E-state index in [0.29, 0.717) is 22.0 Å². The molecule has 3 N–H and O–H groups in total. The highest BCUT2D eigenvalue weighted by Gasteiger charge is 2.12. The summed E-state index contributed by atoms with van der Waals surface area (Å²) in [7, 11) is 0. The van der Waals surface area contributed by atoms with Crippen molar-refractivity contribution >= 4 is 61.0 Å². The van der Waals surface area contributed by atoms with Crippen molar-refractivity contribution in [3.8, 4) is 15.6 Å². The maximum atomic E-state index is 12.5. The lowest BCUT2D eigenvalue weighted by atomic mass is 10.1. The number of aromatic amines is 1. The minimum absolute atomic E-state index is 0.103. The fraction of sp³-hybridized carbons (Fsp3) is 0.0556. The molecule has 0 aliphatic carbocycles. The van der Waals surface area contributed by atoms with Crippen LogP contribution in [0, 0.1) is 0 Å². The van der Waals surface area contributed by atoms with Gasteiger partial charge >= 0.3 is 4.87 Å². The number of carbonyl (C=O) groups excluding carboxylic acids is 1. The van der Waals surface area contributed by atoms with Crippen molar-refractivity contribution in [1.82, 2.24) is 9.97 Å². The molecule has 3 heterocycles. The number of aromatic hydroxyl groups is 1. The van der Waals surface area contributed by atoms with E-state index in [-0.39, 0.29) is 16.7 Å². The first kappa shape index (κ1) is 19.1. The van der Waals surface area contributed by atoms with Crippen molar-refractivity contribution in [1.29, 1.82) is 0 Å². The Hall–Kier alpha value is -2.27. The number of thiazole rings is 2. The Balaban J connectivity index is 1.43. The van der Waals surface area contributed by atoms with Gasteiger partial charge in [0.05, 0.1) is 13.5 Å². The third-order valence-electron chi connectivity index (χ3n) is 3.82. The molecule has 3 aromatic heterocycles. The highest BCUT2D eigenvalue weighted by atomic mass is 79.9. The minimum Gasteiger partial charge on any atom is -0.494 e. The summed E-state index contributed by atoms with van der Waals surface area (Å²) >= 11 is 7.44. The summed E-state index contributed by atoms with van der Waals surface area (Å²) < 4.78 is 1.04. The molecule has 1 aromatic carbocycles. The number of halogens is 1. The summed E-state index contributed by atoms with van der Waals surface area (Å²) in [6.07, 6.45) is 2.17. The molecule has 10 heteroatoms. The molecule has 0 spiro atoms. The van der Waals surface area contributed by atoms with Gasteiger partial charge in [0.15, 0.2) is 5.13 Å². The van der Waals surface area contributed by atoms with Gasteiger partial charge in [-0.25, -0.2) is 4.98 Å². The van der Waals surface area contributed by atoms with Crippen molar-refractivity contribution in [3.63, 3.8) is 0 Å². The molecule has 0 bridgehead atoms. The third-order valence-corrected chi connectivity index (χ3v) is 7.43. The standard InChI is InChI=1S/C18H12BrN3O3S3/c19-14-6-5-11(26-14)13-8-20-17(27-13)21-15(23)10-3-1-9(2-4-10)7-12-16(24)22-18(25)28-12/h1-6,8,24H,7H2,(H,22,25)(H,20,21,23). The van der Waals surface area contributed by atoms with Crippen LogP contribution in [0.25, 0.3) is 9.75 Å².